The Kier molecular flexibility index (Phi) is 4.95. The second-order valence-electron chi connectivity index (χ2n) is 5.56. The summed E-state index contributed by atoms with van der Waals surface area (Å²) in [6, 6.07) is 0. The predicted molar refractivity (Wildman–Crippen MR) is 71.2 cm³/mol. The lowest BCUT2D eigenvalue weighted by molar-refractivity contribution is 0.356. The summed E-state index contributed by atoms with van der Waals surface area (Å²) in [5.41, 5.74) is 2.27. The molecule has 1 heteroatoms. The zero-order chi connectivity index (χ0) is 10.5. The molecule has 3 atom stereocenters. The van der Waals surface area contributed by atoms with E-state index in [2.05, 4.69) is 6.92 Å². The first-order valence-electron chi connectivity index (χ1n) is 7.16. The van der Waals surface area contributed by atoms with Crippen LogP contribution in [0.25, 0.3) is 0 Å². The van der Waals surface area contributed by atoms with Crippen molar-refractivity contribution in [3.63, 3.8) is 0 Å². The van der Waals surface area contributed by atoms with Crippen LogP contribution in [0.3, 0.4) is 0 Å². The highest BCUT2D eigenvalue weighted by Crippen LogP contribution is 2.45. The van der Waals surface area contributed by atoms with Crippen LogP contribution >= 0.6 is 8.58 Å². The van der Waals surface area contributed by atoms with Gasteiger partial charge in [-0.05, 0) is 42.9 Å². The Morgan fingerprint density at radius 1 is 0.867 bits per heavy atom. The van der Waals surface area contributed by atoms with E-state index < -0.39 is 0 Å². The third-order valence-corrected chi connectivity index (χ3v) is 6.73. The van der Waals surface area contributed by atoms with Gasteiger partial charge in [-0.15, -0.1) is 8.58 Å². The molecule has 0 heterocycles. The third-order valence-electron chi connectivity index (χ3n) is 4.49. The van der Waals surface area contributed by atoms with Gasteiger partial charge in [-0.3, -0.25) is 0 Å². The van der Waals surface area contributed by atoms with Crippen LogP contribution in [0, 0.1) is 5.92 Å². The lowest BCUT2D eigenvalue weighted by Crippen LogP contribution is -2.23. The summed E-state index contributed by atoms with van der Waals surface area (Å²) in [6.45, 7) is 2.41. The molecule has 0 spiro atoms. The van der Waals surface area contributed by atoms with Crippen LogP contribution in [0.5, 0.6) is 0 Å². The maximum atomic E-state index is 2.41. The van der Waals surface area contributed by atoms with E-state index in [1.54, 1.807) is 25.7 Å². The quantitative estimate of drug-likeness (QED) is 0.596. The summed E-state index contributed by atoms with van der Waals surface area (Å²) >= 11 is 0. The molecule has 0 amide bonds. The van der Waals surface area contributed by atoms with Crippen LogP contribution in [-0.4, -0.2) is 11.3 Å². The molecule has 0 bridgehead atoms. The van der Waals surface area contributed by atoms with Crippen molar-refractivity contribution in [2.24, 2.45) is 5.92 Å². The molecule has 0 aromatic heterocycles. The molecular weight excluding hydrogens is 199 g/mol. The Morgan fingerprint density at radius 3 is 2.27 bits per heavy atom. The number of hydrogen-bond donors (Lipinski definition) is 0. The van der Waals surface area contributed by atoms with Gasteiger partial charge < -0.3 is 0 Å². The Morgan fingerprint density at radius 2 is 1.53 bits per heavy atom. The van der Waals surface area contributed by atoms with Crippen molar-refractivity contribution in [1.29, 1.82) is 0 Å². The van der Waals surface area contributed by atoms with E-state index in [1.165, 1.54) is 47.1 Å². The molecule has 0 radical (unpaired) electrons. The van der Waals surface area contributed by atoms with Gasteiger partial charge in [-0.2, -0.15) is 0 Å². The Labute approximate surface area is 97.4 Å². The first-order valence-corrected chi connectivity index (χ1v) is 8.31. The fourth-order valence-corrected chi connectivity index (χ4v) is 5.88. The highest BCUT2D eigenvalue weighted by Gasteiger charge is 2.26. The third kappa shape index (κ3) is 3.45. The van der Waals surface area contributed by atoms with Crippen LogP contribution in [0.15, 0.2) is 0 Å². The molecule has 0 N–H and O–H groups in total. The van der Waals surface area contributed by atoms with Crippen molar-refractivity contribution >= 4 is 8.58 Å². The van der Waals surface area contributed by atoms with E-state index in [0.29, 0.717) is 0 Å². The van der Waals surface area contributed by atoms with Gasteiger partial charge in [0.25, 0.3) is 0 Å². The maximum absolute atomic E-state index is 2.41. The second kappa shape index (κ2) is 6.24. The van der Waals surface area contributed by atoms with Gasteiger partial charge >= 0.3 is 0 Å². The predicted octanol–water partition coefficient (Wildman–Crippen LogP) is 4.97. The van der Waals surface area contributed by atoms with Crippen LogP contribution in [0.4, 0.5) is 0 Å². The van der Waals surface area contributed by atoms with Crippen molar-refractivity contribution in [2.75, 3.05) is 0 Å². The zero-order valence-corrected chi connectivity index (χ0v) is 11.3. The van der Waals surface area contributed by atoms with Crippen molar-refractivity contribution in [1.82, 2.24) is 0 Å². The van der Waals surface area contributed by atoms with Gasteiger partial charge in [0.2, 0.25) is 0 Å². The largest absolute Gasteiger partial charge is 0.115 e. The van der Waals surface area contributed by atoms with Gasteiger partial charge in [-0.1, -0.05) is 45.4 Å². The molecule has 3 unspecified atom stereocenters. The van der Waals surface area contributed by atoms with E-state index in [1.807, 2.05) is 0 Å². The van der Waals surface area contributed by atoms with E-state index in [4.69, 9.17) is 0 Å². The first kappa shape index (κ1) is 11.9. The normalized spacial score (nSPS) is 35.0. The van der Waals surface area contributed by atoms with Crippen molar-refractivity contribution in [3.8, 4) is 0 Å². The Bertz CT molecular complexity index is 172. The molecule has 0 saturated heterocycles. The lowest BCUT2D eigenvalue weighted by Gasteiger charge is -2.34. The summed E-state index contributed by atoms with van der Waals surface area (Å²) < 4.78 is 0. The molecule has 2 aliphatic carbocycles. The molecule has 88 valence electrons. The smallest absolute Gasteiger partial charge is 0.0206 e. The van der Waals surface area contributed by atoms with Crippen LogP contribution in [0.1, 0.15) is 71.1 Å². The summed E-state index contributed by atoms with van der Waals surface area (Å²) in [5.74, 6) is 1.10. The standard InChI is InChI=1S/C14H27P/c1-2-12-8-6-7-11-14(12)15-13-9-4-3-5-10-13/h12-15H,2-11H2,1H3. The van der Waals surface area contributed by atoms with Crippen LogP contribution < -0.4 is 0 Å². The van der Waals surface area contributed by atoms with Gasteiger partial charge in [0.1, 0.15) is 0 Å². The summed E-state index contributed by atoms with van der Waals surface area (Å²) in [4.78, 5) is 0. The molecule has 0 aromatic carbocycles. The molecule has 2 aliphatic rings. The summed E-state index contributed by atoms with van der Waals surface area (Å²) in [5, 5.41) is 0. The van der Waals surface area contributed by atoms with Gasteiger partial charge in [0.05, 0.1) is 0 Å². The van der Waals surface area contributed by atoms with Gasteiger partial charge in [0, 0.05) is 0 Å². The first-order chi connectivity index (χ1) is 7.40. The second-order valence-corrected chi connectivity index (χ2v) is 7.45. The summed E-state index contributed by atoms with van der Waals surface area (Å²) in [7, 11) is 1.32. The van der Waals surface area contributed by atoms with E-state index in [9.17, 15) is 0 Å². The van der Waals surface area contributed by atoms with E-state index in [0.717, 1.165) is 17.2 Å². The fraction of sp³-hybridized carbons (Fsp3) is 1.00. The average Bonchev–Trinajstić information content (AvgIpc) is 2.31. The molecule has 0 aliphatic heterocycles. The number of rotatable bonds is 3. The average molecular weight is 226 g/mol. The maximum Gasteiger partial charge on any atom is -0.0206 e. The molecule has 2 rings (SSSR count). The van der Waals surface area contributed by atoms with Crippen LogP contribution in [-0.2, 0) is 0 Å². The molecule has 2 saturated carbocycles. The Hall–Kier alpha value is 0.430. The lowest BCUT2D eigenvalue weighted by atomic mass is 9.87. The molecular formula is C14H27P. The minimum absolute atomic E-state index is 1.10. The van der Waals surface area contributed by atoms with Crippen molar-refractivity contribution < 1.29 is 0 Å². The van der Waals surface area contributed by atoms with Crippen molar-refractivity contribution in [2.45, 2.75) is 82.4 Å². The topological polar surface area (TPSA) is 0 Å². The van der Waals surface area contributed by atoms with E-state index in [-0.39, 0.29) is 0 Å². The fourth-order valence-electron chi connectivity index (χ4n) is 3.49. The molecule has 0 nitrogen and oxygen atoms in total. The monoisotopic (exact) mass is 226 g/mol. The van der Waals surface area contributed by atoms with Crippen LogP contribution in [0.2, 0.25) is 0 Å². The Balaban J connectivity index is 1.79. The summed E-state index contributed by atoms with van der Waals surface area (Å²) in [6.07, 6.45) is 15.3. The minimum atomic E-state index is 1.10. The highest BCUT2D eigenvalue weighted by molar-refractivity contribution is 7.39. The van der Waals surface area contributed by atoms with Gasteiger partial charge in [0.15, 0.2) is 0 Å². The highest BCUT2D eigenvalue weighted by atomic mass is 31.1. The van der Waals surface area contributed by atoms with Crippen molar-refractivity contribution in [3.05, 3.63) is 0 Å². The molecule has 2 fully saturated rings. The minimum Gasteiger partial charge on any atom is -0.115 e. The van der Waals surface area contributed by atoms with Gasteiger partial charge in [-0.25, -0.2) is 0 Å². The number of hydrogen-bond acceptors (Lipinski definition) is 0. The molecule has 15 heavy (non-hydrogen) atoms. The molecule has 0 aromatic rings. The zero-order valence-electron chi connectivity index (χ0n) is 10.3. The SMILES string of the molecule is CCC1CCCCC1PC1CCCCC1. The van der Waals surface area contributed by atoms with E-state index >= 15 is 0 Å².